The second-order valence-corrected chi connectivity index (χ2v) is 6.00. The summed E-state index contributed by atoms with van der Waals surface area (Å²) in [5.41, 5.74) is 1.39. The lowest BCUT2D eigenvalue weighted by molar-refractivity contribution is -0.211. The van der Waals surface area contributed by atoms with Crippen molar-refractivity contribution in [1.82, 2.24) is 0 Å². The van der Waals surface area contributed by atoms with E-state index in [-0.39, 0.29) is 5.41 Å². The van der Waals surface area contributed by atoms with Gasteiger partial charge in [-0.2, -0.15) is 17.6 Å². The Bertz CT molecular complexity index is 469. The Morgan fingerprint density at radius 3 is 1.89 bits per heavy atom. The first-order chi connectivity index (χ1) is 8.03. The lowest BCUT2D eigenvalue weighted by Gasteiger charge is -2.33. The molecule has 4 heteroatoms. The molecule has 1 aromatic rings. The van der Waals surface area contributed by atoms with Crippen molar-refractivity contribution in [3.63, 3.8) is 0 Å². The predicted molar refractivity (Wildman–Crippen MR) is 62.4 cm³/mol. The average Bonchev–Trinajstić information content (AvgIpc) is 2.16. The zero-order chi connectivity index (χ0) is 13.8. The summed E-state index contributed by atoms with van der Waals surface area (Å²) in [6.07, 6.45) is -1.75. The minimum atomic E-state index is -3.95. The van der Waals surface area contributed by atoms with Crippen LogP contribution in [0.25, 0.3) is 0 Å². The fourth-order valence-electron chi connectivity index (χ4n) is 2.17. The molecule has 1 aliphatic rings. The molecule has 0 nitrogen and oxygen atoms in total. The Balaban J connectivity index is 2.46. The summed E-state index contributed by atoms with van der Waals surface area (Å²) in [5, 5.41) is 0. The van der Waals surface area contributed by atoms with E-state index in [0.29, 0.717) is 11.1 Å². The summed E-state index contributed by atoms with van der Waals surface area (Å²) < 4.78 is 53.2. The highest BCUT2D eigenvalue weighted by molar-refractivity contribution is 5.39. The molecular formula is C14H16F4. The third-order valence-corrected chi connectivity index (χ3v) is 3.43. The third kappa shape index (κ3) is 2.13. The van der Waals surface area contributed by atoms with Crippen molar-refractivity contribution in [1.29, 1.82) is 0 Å². The minimum absolute atomic E-state index is 0.176. The third-order valence-electron chi connectivity index (χ3n) is 3.43. The van der Waals surface area contributed by atoms with Crippen molar-refractivity contribution < 1.29 is 17.6 Å². The lowest BCUT2D eigenvalue weighted by atomic mass is 9.80. The van der Waals surface area contributed by atoms with Crippen LogP contribution in [0.3, 0.4) is 0 Å². The van der Waals surface area contributed by atoms with Gasteiger partial charge in [0.05, 0.1) is 0 Å². The molecule has 0 heterocycles. The highest BCUT2D eigenvalue weighted by atomic mass is 19.3. The van der Waals surface area contributed by atoms with Gasteiger partial charge >= 0.3 is 11.8 Å². The van der Waals surface area contributed by atoms with Crippen LogP contribution in [-0.4, -0.2) is 11.8 Å². The highest BCUT2D eigenvalue weighted by Crippen LogP contribution is 2.44. The van der Waals surface area contributed by atoms with E-state index in [1.54, 1.807) is 18.2 Å². The molecular weight excluding hydrogens is 244 g/mol. The smallest absolute Gasteiger partial charge is 0.200 e. The summed E-state index contributed by atoms with van der Waals surface area (Å²) in [5.74, 6) is -7.89. The molecule has 0 fully saturated rings. The van der Waals surface area contributed by atoms with Gasteiger partial charge in [-0.3, -0.25) is 0 Å². The molecule has 0 saturated carbocycles. The number of hydrogen-bond donors (Lipinski definition) is 0. The maximum absolute atomic E-state index is 13.3. The Hall–Kier alpha value is -1.06. The average molecular weight is 260 g/mol. The van der Waals surface area contributed by atoms with Crippen LogP contribution in [0, 0.1) is 0 Å². The molecule has 1 aromatic carbocycles. The largest absolute Gasteiger partial charge is 0.314 e. The number of halogens is 4. The van der Waals surface area contributed by atoms with Crippen molar-refractivity contribution >= 4 is 0 Å². The maximum atomic E-state index is 13.3. The number of alkyl halides is 4. The van der Waals surface area contributed by atoms with E-state index in [2.05, 4.69) is 0 Å². The minimum Gasteiger partial charge on any atom is -0.200 e. The van der Waals surface area contributed by atoms with E-state index in [1.807, 2.05) is 20.8 Å². The van der Waals surface area contributed by atoms with E-state index in [4.69, 9.17) is 0 Å². The van der Waals surface area contributed by atoms with Crippen molar-refractivity contribution in [3.8, 4) is 0 Å². The lowest BCUT2D eigenvalue weighted by Crippen LogP contribution is -2.47. The Kier molecular flexibility index (Phi) is 2.76. The molecule has 0 aromatic heterocycles. The molecule has 0 N–H and O–H groups in total. The summed E-state index contributed by atoms with van der Waals surface area (Å²) in [4.78, 5) is 0. The van der Waals surface area contributed by atoms with E-state index in [9.17, 15) is 17.6 Å². The van der Waals surface area contributed by atoms with Gasteiger partial charge in [0, 0.05) is 12.8 Å². The van der Waals surface area contributed by atoms with Gasteiger partial charge in [0.25, 0.3) is 0 Å². The molecule has 100 valence electrons. The standard InChI is InChI=1S/C14H16F4/c1-12(2,3)11-5-4-9-7-13(15,16)14(17,18)8-10(9)6-11/h4-6H,7-8H2,1-3H3. The molecule has 1 aliphatic carbocycles. The first-order valence-corrected chi connectivity index (χ1v) is 5.91. The van der Waals surface area contributed by atoms with Crippen LogP contribution in [-0.2, 0) is 18.3 Å². The van der Waals surface area contributed by atoms with Gasteiger partial charge in [0.1, 0.15) is 0 Å². The van der Waals surface area contributed by atoms with Crippen LogP contribution in [0.5, 0.6) is 0 Å². The quantitative estimate of drug-likeness (QED) is 0.608. The second kappa shape index (κ2) is 3.72. The number of fused-ring (bicyclic) bond motifs is 1. The Morgan fingerprint density at radius 2 is 1.39 bits per heavy atom. The number of rotatable bonds is 0. The van der Waals surface area contributed by atoms with E-state index in [1.165, 1.54) is 0 Å². The van der Waals surface area contributed by atoms with Gasteiger partial charge in [0.2, 0.25) is 0 Å². The van der Waals surface area contributed by atoms with Crippen molar-refractivity contribution in [2.75, 3.05) is 0 Å². The summed E-state index contributed by atoms with van der Waals surface area (Å²) in [6, 6.07) is 4.94. The van der Waals surface area contributed by atoms with Crippen LogP contribution in [0.1, 0.15) is 37.5 Å². The van der Waals surface area contributed by atoms with Crippen LogP contribution in [0.15, 0.2) is 18.2 Å². The topological polar surface area (TPSA) is 0 Å². The van der Waals surface area contributed by atoms with Gasteiger partial charge in [-0.25, -0.2) is 0 Å². The van der Waals surface area contributed by atoms with Crippen LogP contribution in [0.4, 0.5) is 17.6 Å². The molecule has 0 amide bonds. The number of hydrogen-bond acceptors (Lipinski definition) is 0. The molecule has 0 aliphatic heterocycles. The van der Waals surface area contributed by atoms with Gasteiger partial charge in [-0.05, 0) is 22.1 Å². The van der Waals surface area contributed by atoms with Crippen LogP contribution in [0.2, 0.25) is 0 Å². The van der Waals surface area contributed by atoms with Gasteiger partial charge in [0.15, 0.2) is 0 Å². The summed E-state index contributed by atoms with van der Waals surface area (Å²) in [6.45, 7) is 5.89. The van der Waals surface area contributed by atoms with Crippen LogP contribution < -0.4 is 0 Å². The zero-order valence-electron chi connectivity index (χ0n) is 10.7. The van der Waals surface area contributed by atoms with Gasteiger partial charge < -0.3 is 0 Å². The van der Waals surface area contributed by atoms with Crippen LogP contribution >= 0.6 is 0 Å². The van der Waals surface area contributed by atoms with E-state index < -0.39 is 24.7 Å². The molecule has 2 rings (SSSR count). The fourth-order valence-corrected chi connectivity index (χ4v) is 2.17. The normalized spacial score (nSPS) is 21.5. The second-order valence-electron chi connectivity index (χ2n) is 6.00. The number of benzene rings is 1. The molecule has 0 radical (unpaired) electrons. The maximum Gasteiger partial charge on any atom is 0.314 e. The summed E-state index contributed by atoms with van der Waals surface area (Å²) in [7, 11) is 0. The SMILES string of the molecule is CC(C)(C)c1ccc2c(c1)CC(F)(F)C(F)(F)C2. The molecule has 0 bridgehead atoms. The predicted octanol–water partition coefficient (Wildman–Crippen LogP) is 4.35. The first-order valence-electron chi connectivity index (χ1n) is 5.91. The first kappa shape index (κ1) is 13.4. The monoisotopic (exact) mass is 260 g/mol. The molecule has 0 saturated heterocycles. The molecule has 0 atom stereocenters. The fraction of sp³-hybridized carbons (Fsp3) is 0.571. The summed E-state index contributed by atoms with van der Waals surface area (Å²) >= 11 is 0. The van der Waals surface area contributed by atoms with Gasteiger partial charge in [-0.15, -0.1) is 0 Å². The highest BCUT2D eigenvalue weighted by Gasteiger charge is 2.58. The van der Waals surface area contributed by atoms with E-state index >= 15 is 0 Å². The van der Waals surface area contributed by atoms with Gasteiger partial charge in [-0.1, -0.05) is 39.0 Å². The van der Waals surface area contributed by atoms with Crippen molar-refractivity contribution in [2.45, 2.75) is 50.9 Å². The van der Waals surface area contributed by atoms with Crippen molar-refractivity contribution in [3.05, 3.63) is 34.9 Å². The van der Waals surface area contributed by atoms with Crippen molar-refractivity contribution in [2.24, 2.45) is 0 Å². The van der Waals surface area contributed by atoms with E-state index in [0.717, 1.165) is 5.56 Å². The molecule has 18 heavy (non-hydrogen) atoms. The molecule has 0 unspecified atom stereocenters. The molecule has 0 spiro atoms. The Morgan fingerprint density at radius 1 is 0.889 bits per heavy atom. The zero-order valence-corrected chi connectivity index (χ0v) is 10.7. The Labute approximate surface area is 104 Å².